The van der Waals surface area contributed by atoms with Gasteiger partial charge in [0.2, 0.25) is 5.95 Å². The first-order valence-corrected chi connectivity index (χ1v) is 4.43. The summed E-state index contributed by atoms with van der Waals surface area (Å²) in [7, 11) is 1.95. The Kier molecular flexibility index (Phi) is 2.86. The number of aromatic nitrogens is 2. The fourth-order valence-corrected chi connectivity index (χ4v) is 1.28. The maximum absolute atomic E-state index is 5.45. The minimum Gasteiger partial charge on any atom is -0.368 e. The molecule has 66 valence electrons. The Morgan fingerprint density at radius 1 is 1.67 bits per heavy atom. The van der Waals surface area contributed by atoms with E-state index in [2.05, 4.69) is 25.9 Å². The van der Waals surface area contributed by atoms with Gasteiger partial charge in [-0.3, -0.25) is 0 Å². The van der Waals surface area contributed by atoms with Gasteiger partial charge in [-0.15, -0.1) is 0 Å². The van der Waals surface area contributed by atoms with E-state index in [4.69, 9.17) is 5.73 Å². The monoisotopic (exact) mass is 230 g/mol. The highest BCUT2D eigenvalue weighted by molar-refractivity contribution is 9.10. The molecule has 0 amide bonds. The van der Waals surface area contributed by atoms with E-state index in [1.807, 2.05) is 18.9 Å². The van der Waals surface area contributed by atoms with Crippen LogP contribution in [0.4, 0.5) is 11.8 Å². The lowest BCUT2D eigenvalue weighted by atomic mass is 10.5. The molecule has 0 radical (unpaired) electrons. The van der Waals surface area contributed by atoms with Crippen LogP contribution in [0.5, 0.6) is 0 Å². The molecule has 0 atom stereocenters. The lowest BCUT2D eigenvalue weighted by molar-refractivity contribution is 0.926. The molecule has 0 saturated heterocycles. The Balaban J connectivity index is 3.04. The highest BCUT2D eigenvalue weighted by Gasteiger charge is 2.06. The van der Waals surface area contributed by atoms with Crippen LogP contribution in [0.15, 0.2) is 10.7 Å². The van der Waals surface area contributed by atoms with Crippen molar-refractivity contribution in [1.29, 1.82) is 0 Å². The van der Waals surface area contributed by atoms with Crippen LogP contribution in [0.2, 0.25) is 0 Å². The molecule has 0 bridgehead atoms. The number of hydrogen-bond donors (Lipinski definition) is 1. The van der Waals surface area contributed by atoms with Gasteiger partial charge >= 0.3 is 0 Å². The van der Waals surface area contributed by atoms with E-state index in [1.54, 1.807) is 6.20 Å². The first-order valence-electron chi connectivity index (χ1n) is 3.64. The quantitative estimate of drug-likeness (QED) is 0.832. The van der Waals surface area contributed by atoms with Gasteiger partial charge in [0.25, 0.3) is 0 Å². The maximum atomic E-state index is 5.45. The molecule has 5 heteroatoms. The van der Waals surface area contributed by atoms with Gasteiger partial charge in [-0.1, -0.05) is 0 Å². The van der Waals surface area contributed by atoms with Crippen LogP contribution in [0.1, 0.15) is 6.92 Å². The number of halogens is 1. The fourth-order valence-electron chi connectivity index (χ4n) is 0.789. The summed E-state index contributed by atoms with van der Waals surface area (Å²) in [4.78, 5) is 9.93. The molecule has 0 aromatic carbocycles. The smallest absolute Gasteiger partial charge is 0.222 e. The molecule has 1 aromatic rings. The van der Waals surface area contributed by atoms with Crippen molar-refractivity contribution in [1.82, 2.24) is 9.97 Å². The molecule has 1 aromatic heterocycles. The molecule has 0 spiro atoms. The lowest BCUT2D eigenvalue weighted by Gasteiger charge is -2.16. The summed E-state index contributed by atoms with van der Waals surface area (Å²) < 4.78 is 0.862. The van der Waals surface area contributed by atoms with Crippen LogP contribution in [-0.4, -0.2) is 23.6 Å². The SMILES string of the molecule is CCN(C)c1nc(N)ncc1Br. The Bertz CT molecular complexity index is 276. The number of hydrogen-bond acceptors (Lipinski definition) is 4. The van der Waals surface area contributed by atoms with Crippen LogP contribution < -0.4 is 10.6 Å². The van der Waals surface area contributed by atoms with Crippen molar-refractivity contribution >= 4 is 27.7 Å². The normalized spacial score (nSPS) is 9.92. The lowest BCUT2D eigenvalue weighted by Crippen LogP contribution is -2.18. The van der Waals surface area contributed by atoms with Crippen molar-refractivity contribution in [3.63, 3.8) is 0 Å². The summed E-state index contributed by atoms with van der Waals surface area (Å²) in [6.45, 7) is 2.93. The highest BCUT2D eigenvalue weighted by Crippen LogP contribution is 2.21. The molecule has 0 saturated carbocycles. The summed E-state index contributed by atoms with van der Waals surface area (Å²) in [6, 6.07) is 0. The molecule has 1 rings (SSSR count). The minimum absolute atomic E-state index is 0.300. The second-order valence-corrected chi connectivity index (χ2v) is 3.27. The van der Waals surface area contributed by atoms with Crippen LogP contribution in [-0.2, 0) is 0 Å². The van der Waals surface area contributed by atoms with E-state index in [0.29, 0.717) is 5.95 Å². The molecular formula is C7H11BrN4. The summed E-state index contributed by atoms with van der Waals surface area (Å²) in [5.41, 5.74) is 5.45. The zero-order chi connectivity index (χ0) is 9.14. The average Bonchev–Trinajstić information content (AvgIpc) is 2.08. The van der Waals surface area contributed by atoms with E-state index in [0.717, 1.165) is 16.8 Å². The van der Waals surface area contributed by atoms with Crippen molar-refractivity contribution in [2.24, 2.45) is 0 Å². The predicted octanol–water partition coefficient (Wildman–Crippen LogP) is 1.28. The molecule has 0 aliphatic carbocycles. The second-order valence-electron chi connectivity index (χ2n) is 2.41. The van der Waals surface area contributed by atoms with Crippen molar-refractivity contribution in [2.75, 3.05) is 24.2 Å². The third-order valence-corrected chi connectivity index (χ3v) is 2.14. The molecule has 1 heterocycles. The van der Waals surface area contributed by atoms with Crippen molar-refractivity contribution in [3.8, 4) is 0 Å². The molecule has 0 aliphatic rings. The second kappa shape index (κ2) is 3.71. The Labute approximate surface area is 79.9 Å². The Morgan fingerprint density at radius 3 is 2.92 bits per heavy atom. The molecule has 0 unspecified atom stereocenters. The predicted molar refractivity (Wildman–Crippen MR) is 53.1 cm³/mol. The first-order chi connectivity index (χ1) is 5.65. The van der Waals surface area contributed by atoms with Gasteiger partial charge in [0.15, 0.2) is 0 Å². The third-order valence-electron chi connectivity index (χ3n) is 1.58. The topological polar surface area (TPSA) is 55.0 Å². The van der Waals surface area contributed by atoms with Gasteiger partial charge in [0.1, 0.15) is 5.82 Å². The molecule has 0 aliphatic heterocycles. The van der Waals surface area contributed by atoms with E-state index in [9.17, 15) is 0 Å². The van der Waals surface area contributed by atoms with E-state index in [1.165, 1.54) is 0 Å². The number of nitrogen functional groups attached to an aromatic ring is 1. The molecule has 0 fully saturated rings. The van der Waals surface area contributed by atoms with Gasteiger partial charge in [0, 0.05) is 19.8 Å². The average molecular weight is 231 g/mol. The highest BCUT2D eigenvalue weighted by atomic mass is 79.9. The van der Waals surface area contributed by atoms with Crippen LogP contribution >= 0.6 is 15.9 Å². The summed E-state index contributed by atoms with van der Waals surface area (Å²) in [5.74, 6) is 1.12. The van der Waals surface area contributed by atoms with Gasteiger partial charge in [-0.05, 0) is 22.9 Å². The van der Waals surface area contributed by atoms with Gasteiger partial charge in [-0.25, -0.2) is 4.98 Å². The number of anilines is 2. The number of nitrogens with two attached hydrogens (primary N) is 1. The Hall–Kier alpha value is -0.840. The zero-order valence-corrected chi connectivity index (χ0v) is 8.67. The van der Waals surface area contributed by atoms with Gasteiger partial charge in [0.05, 0.1) is 4.47 Å². The summed E-state index contributed by atoms with van der Waals surface area (Å²) in [5, 5.41) is 0. The fraction of sp³-hybridized carbons (Fsp3) is 0.429. The maximum Gasteiger partial charge on any atom is 0.222 e. The summed E-state index contributed by atoms with van der Waals surface area (Å²) >= 11 is 3.35. The van der Waals surface area contributed by atoms with Crippen LogP contribution in [0.3, 0.4) is 0 Å². The van der Waals surface area contributed by atoms with Crippen LogP contribution in [0.25, 0.3) is 0 Å². The van der Waals surface area contributed by atoms with Gasteiger partial charge in [-0.2, -0.15) is 4.98 Å². The Morgan fingerprint density at radius 2 is 2.33 bits per heavy atom. The minimum atomic E-state index is 0.300. The third kappa shape index (κ3) is 1.85. The van der Waals surface area contributed by atoms with Crippen molar-refractivity contribution in [2.45, 2.75) is 6.92 Å². The summed E-state index contributed by atoms with van der Waals surface area (Å²) in [6.07, 6.45) is 1.66. The largest absolute Gasteiger partial charge is 0.368 e. The van der Waals surface area contributed by atoms with Crippen LogP contribution in [0, 0.1) is 0 Å². The van der Waals surface area contributed by atoms with Gasteiger partial charge < -0.3 is 10.6 Å². The number of nitrogens with zero attached hydrogens (tertiary/aromatic N) is 3. The zero-order valence-electron chi connectivity index (χ0n) is 7.08. The molecule has 4 nitrogen and oxygen atoms in total. The number of rotatable bonds is 2. The van der Waals surface area contributed by atoms with Crippen molar-refractivity contribution < 1.29 is 0 Å². The van der Waals surface area contributed by atoms with E-state index in [-0.39, 0.29) is 0 Å². The van der Waals surface area contributed by atoms with Crippen molar-refractivity contribution in [3.05, 3.63) is 10.7 Å². The van der Waals surface area contributed by atoms with E-state index < -0.39 is 0 Å². The standard InChI is InChI=1S/C7H11BrN4/c1-3-12(2)6-5(8)4-10-7(9)11-6/h4H,3H2,1-2H3,(H2,9,10,11). The van der Waals surface area contributed by atoms with E-state index >= 15 is 0 Å². The molecule has 2 N–H and O–H groups in total. The molecule has 12 heavy (non-hydrogen) atoms. The molecular weight excluding hydrogens is 220 g/mol. The first kappa shape index (κ1) is 9.25.